The van der Waals surface area contributed by atoms with E-state index in [1.54, 1.807) is 0 Å². The minimum Gasteiger partial charge on any atom is -0.382 e. The van der Waals surface area contributed by atoms with Crippen LogP contribution in [0.4, 0.5) is 5.69 Å². The number of nitrogens with zero attached hydrogens (tertiary/aromatic N) is 1. The van der Waals surface area contributed by atoms with Gasteiger partial charge < -0.3 is 10.2 Å². The van der Waals surface area contributed by atoms with E-state index in [2.05, 4.69) is 55.3 Å². The molecule has 0 aromatic heterocycles. The van der Waals surface area contributed by atoms with Crippen molar-refractivity contribution in [1.82, 2.24) is 4.90 Å². The molecular weight excluding hydrogens is 244 g/mol. The summed E-state index contributed by atoms with van der Waals surface area (Å²) in [6, 6.07) is 9.38. The summed E-state index contributed by atoms with van der Waals surface area (Å²) < 4.78 is 0. The van der Waals surface area contributed by atoms with E-state index >= 15 is 0 Å². The Kier molecular flexibility index (Phi) is 5.90. The molecule has 2 heteroatoms. The average molecular weight is 274 g/mol. The molecular formula is C18H30N2. The zero-order chi connectivity index (χ0) is 14.4. The van der Waals surface area contributed by atoms with Gasteiger partial charge in [-0.05, 0) is 63.4 Å². The number of benzene rings is 1. The molecule has 1 saturated heterocycles. The number of nitrogens with one attached hydrogen (secondary N) is 1. The molecule has 0 spiro atoms. The van der Waals surface area contributed by atoms with Crippen molar-refractivity contribution in [3.63, 3.8) is 0 Å². The summed E-state index contributed by atoms with van der Waals surface area (Å²) in [6.07, 6.45) is 5.04. The molecule has 0 radical (unpaired) electrons. The second-order valence-corrected chi connectivity index (χ2v) is 6.11. The van der Waals surface area contributed by atoms with Crippen LogP contribution in [0.1, 0.15) is 45.6 Å². The van der Waals surface area contributed by atoms with Gasteiger partial charge in [0.05, 0.1) is 0 Å². The van der Waals surface area contributed by atoms with Gasteiger partial charge >= 0.3 is 0 Å². The molecule has 20 heavy (non-hydrogen) atoms. The van der Waals surface area contributed by atoms with Gasteiger partial charge in [-0.15, -0.1) is 0 Å². The fourth-order valence-electron chi connectivity index (χ4n) is 3.28. The van der Waals surface area contributed by atoms with E-state index in [1.807, 2.05) is 0 Å². The molecule has 1 fully saturated rings. The van der Waals surface area contributed by atoms with Gasteiger partial charge in [0.25, 0.3) is 0 Å². The summed E-state index contributed by atoms with van der Waals surface area (Å²) >= 11 is 0. The van der Waals surface area contributed by atoms with Crippen molar-refractivity contribution in [3.05, 3.63) is 29.8 Å². The highest BCUT2D eigenvalue weighted by Crippen LogP contribution is 2.25. The molecule has 0 saturated carbocycles. The predicted molar refractivity (Wildman–Crippen MR) is 88.4 cm³/mol. The van der Waals surface area contributed by atoms with E-state index in [1.165, 1.54) is 56.6 Å². The van der Waals surface area contributed by atoms with E-state index < -0.39 is 0 Å². The number of hydrogen-bond donors (Lipinski definition) is 1. The van der Waals surface area contributed by atoms with E-state index in [-0.39, 0.29) is 0 Å². The van der Waals surface area contributed by atoms with Gasteiger partial charge in [-0.2, -0.15) is 0 Å². The van der Waals surface area contributed by atoms with E-state index in [9.17, 15) is 0 Å². The Morgan fingerprint density at radius 1 is 1.20 bits per heavy atom. The zero-order valence-corrected chi connectivity index (χ0v) is 13.4. The van der Waals surface area contributed by atoms with Crippen molar-refractivity contribution >= 4 is 5.69 Å². The first-order valence-corrected chi connectivity index (χ1v) is 8.31. The highest BCUT2D eigenvalue weighted by atomic mass is 15.1. The summed E-state index contributed by atoms with van der Waals surface area (Å²) in [5.41, 5.74) is 2.81. The Labute approximate surface area is 124 Å². The average Bonchev–Trinajstić information content (AvgIpc) is 2.49. The van der Waals surface area contributed by atoms with Gasteiger partial charge in [-0.3, -0.25) is 0 Å². The topological polar surface area (TPSA) is 15.3 Å². The largest absolute Gasteiger partial charge is 0.382 e. The van der Waals surface area contributed by atoms with Gasteiger partial charge in [0.15, 0.2) is 0 Å². The Hall–Kier alpha value is -1.02. The first-order chi connectivity index (χ1) is 9.74. The molecule has 1 aromatic rings. The lowest BCUT2D eigenvalue weighted by atomic mass is 9.90. The molecule has 2 nitrogen and oxygen atoms in total. The Morgan fingerprint density at radius 2 is 1.90 bits per heavy atom. The molecule has 2 rings (SSSR count). The van der Waals surface area contributed by atoms with Crippen LogP contribution in [-0.4, -0.2) is 30.6 Å². The normalized spacial score (nSPS) is 18.9. The summed E-state index contributed by atoms with van der Waals surface area (Å²) in [6.45, 7) is 10.6. The number of para-hydroxylation sites is 1. The van der Waals surface area contributed by atoms with Crippen LogP contribution in [0.25, 0.3) is 0 Å². The standard InChI is InChI=1S/C18H30N2/c1-4-8-17-9-6-7-10-18(17)19-15(3)16-11-13-20(5-2)14-12-16/h6-7,9-10,15-16,19H,4-5,8,11-14H2,1-3H3. The van der Waals surface area contributed by atoms with Gasteiger partial charge in [-0.25, -0.2) is 0 Å². The Morgan fingerprint density at radius 3 is 2.55 bits per heavy atom. The van der Waals surface area contributed by atoms with Crippen LogP contribution in [0.5, 0.6) is 0 Å². The zero-order valence-electron chi connectivity index (χ0n) is 13.4. The van der Waals surface area contributed by atoms with E-state index in [0.717, 1.165) is 5.92 Å². The quantitative estimate of drug-likeness (QED) is 0.837. The van der Waals surface area contributed by atoms with Crippen molar-refractivity contribution < 1.29 is 0 Å². The molecule has 0 amide bonds. The summed E-state index contributed by atoms with van der Waals surface area (Å²) in [5, 5.41) is 3.78. The monoisotopic (exact) mass is 274 g/mol. The van der Waals surface area contributed by atoms with Crippen molar-refractivity contribution in [2.45, 2.75) is 52.5 Å². The second-order valence-electron chi connectivity index (χ2n) is 6.11. The summed E-state index contributed by atoms with van der Waals surface area (Å²) in [5.74, 6) is 0.812. The van der Waals surface area contributed by atoms with Crippen LogP contribution in [0.3, 0.4) is 0 Å². The highest BCUT2D eigenvalue weighted by molar-refractivity contribution is 5.51. The summed E-state index contributed by atoms with van der Waals surface area (Å²) in [7, 11) is 0. The second kappa shape index (κ2) is 7.68. The fraction of sp³-hybridized carbons (Fsp3) is 0.667. The van der Waals surface area contributed by atoms with Crippen LogP contribution >= 0.6 is 0 Å². The third-order valence-electron chi connectivity index (χ3n) is 4.71. The van der Waals surface area contributed by atoms with Crippen LogP contribution in [0.15, 0.2) is 24.3 Å². The van der Waals surface area contributed by atoms with Crippen LogP contribution in [-0.2, 0) is 6.42 Å². The smallest absolute Gasteiger partial charge is 0.0374 e. The highest BCUT2D eigenvalue weighted by Gasteiger charge is 2.23. The van der Waals surface area contributed by atoms with Crippen molar-refractivity contribution in [3.8, 4) is 0 Å². The molecule has 112 valence electrons. The first kappa shape index (κ1) is 15.4. The van der Waals surface area contributed by atoms with Crippen LogP contribution in [0.2, 0.25) is 0 Å². The lowest BCUT2D eigenvalue weighted by Gasteiger charge is -2.35. The maximum Gasteiger partial charge on any atom is 0.0374 e. The number of likely N-dealkylation sites (tertiary alicyclic amines) is 1. The van der Waals surface area contributed by atoms with Gasteiger partial charge in [0.1, 0.15) is 0 Å². The Bertz CT molecular complexity index is 394. The number of piperidine rings is 1. The maximum absolute atomic E-state index is 3.78. The van der Waals surface area contributed by atoms with E-state index in [4.69, 9.17) is 0 Å². The maximum atomic E-state index is 3.78. The summed E-state index contributed by atoms with van der Waals surface area (Å²) in [4.78, 5) is 2.56. The molecule has 1 atom stereocenters. The molecule has 1 unspecified atom stereocenters. The minimum atomic E-state index is 0.576. The number of rotatable bonds is 6. The minimum absolute atomic E-state index is 0.576. The van der Waals surface area contributed by atoms with Crippen molar-refractivity contribution in [2.24, 2.45) is 5.92 Å². The molecule has 1 N–H and O–H groups in total. The fourth-order valence-corrected chi connectivity index (χ4v) is 3.28. The first-order valence-electron chi connectivity index (χ1n) is 8.31. The third kappa shape index (κ3) is 3.99. The third-order valence-corrected chi connectivity index (χ3v) is 4.71. The molecule has 1 heterocycles. The molecule has 0 aliphatic carbocycles. The lowest BCUT2D eigenvalue weighted by Crippen LogP contribution is -2.39. The molecule has 1 aromatic carbocycles. The Balaban J connectivity index is 1.93. The van der Waals surface area contributed by atoms with Crippen molar-refractivity contribution in [1.29, 1.82) is 0 Å². The van der Waals surface area contributed by atoms with Crippen LogP contribution in [0, 0.1) is 5.92 Å². The van der Waals surface area contributed by atoms with Crippen molar-refractivity contribution in [2.75, 3.05) is 25.0 Å². The molecule has 0 bridgehead atoms. The SMILES string of the molecule is CCCc1ccccc1NC(C)C1CCN(CC)CC1. The number of aryl methyl sites for hydroxylation is 1. The van der Waals surface area contributed by atoms with Gasteiger partial charge in [0.2, 0.25) is 0 Å². The van der Waals surface area contributed by atoms with E-state index in [0.29, 0.717) is 6.04 Å². The lowest BCUT2D eigenvalue weighted by molar-refractivity contribution is 0.183. The molecule has 1 aliphatic heterocycles. The predicted octanol–water partition coefficient (Wildman–Crippen LogP) is 4.17. The molecule has 1 aliphatic rings. The number of hydrogen-bond acceptors (Lipinski definition) is 2. The van der Waals surface area contributed by atoms with Gasteiger partial charge in [0, 0.05) is 11.7 Å². The van der Waals surface area contributed by atoms with Gasteiger partial charge in [-0.1, -0.05) is 38.5 Å². The number of anilines is 1. The van der Waals surface area contributed by atoms with Crippen LogP contribution < -0.4 is 5.32 Å².